The third kappa shape index (κ3) is 3.55. The zero-order valence-electron chi connectivity index (χ0n) is 9.19. The van der Waals surface area contributed by atoms with E-state index in [-0.39, 0.29) is 0 Å². The van der Waals surface area contributed by atoms with Crippen molar-refractivity contribution in [2.24, 2.45) is 5.92 Å². The molecular formula is C13H16Cl2. The smallest absolute Gasteiger partial charge is 0.0453 e. The van der Waals surface area contributed by atoms with Gasteiger partial charge in [0.25, 0.3) is 0 Å². The zero-order chi connectivity index (χ0) is 11.4. The van der Waals surface area contributed by atoms with Crippen molar-refractivity contribution in [2.45, 2.75) is 26.7 Å². The molecule has 0 N–H and O–H groups in total. The Hall–Kier alpha value is -0.460. The summed E-state index contributed by atoms with van der Waals surface area (Å²) in [6.07, 6.45) is 2.04. The van der Waals surface area contributed by atoms with Gasteiger partial charge in [0, 0.05) is 10.0 Å². The molecule has 2 heteroatoms. The molecule has 0 amide bonds. The van der Waals surface area contributed by atoms with Crippen molar-refractivity contribution in [3.8, 4) is 0 Å². The lowest BCUT2D eigenvalue weighted by molar-refractivity contribution is 0.590. The maximum absolute atomic E-state index is 6.12. The minimum Gasteiger partial charge on any atom is -0.0998 e. The summed E-state index contributed by atoms with van der Waals surface area (Å²) in [5.41, 5.74) is 2.36. The third-order valence-corrected chi connectivity index (χ3v) is 3.26. The number of hydrogen-bond donors (Lipinski definition) is 0. The highest BCUT2D eigenvalue weighted by molar-refractivity contribution is 6.35. The molecule has 0 saturated heterocycles. The fourth-order valence-corrected chi connectivity index (χ4v) is 2.11. The molecule has 0 saturated carbocycles. The fourth-order valence-electron chi connectivity index (χ4n) is 1.62. The molecule has 0 aliphatic heterocycles. The second kappa shape index (κ2) is 5.58. The normalized spacial score (nSPS) is 12.5. The predicted molar refractivity (Wildman–Crippen MR) is 68.8 cm³/mol. The summed E-state index contributed by atoms with van der Waals surface area (Å²) in [6.45, 7) is 8.24. The van der Waals surface area contributed by atoms with E-state index < -0.39 is 0 Å². The Morgan fingerprint density at radius 1 is 1.40 bits per heavy atom. The minimum absolute atomic E-state index is 0.503. The standard InChI is InChI=1S/C13H16Cl2/c1-4-10(9(2)3)7-11-5-6-12(14)8-13(11)15/h5-6,8,10H,2,4,7H2,1,3H3. The summed E-state index contributed by atoms with van der Waals surface area (Å²) in [4.78, 5) is 0. The Morgan fingerprint density at radius 2 is 2.07 bits per heavy atom. The Balaban J connectivity index is 2.84. The topological polar surface area (TPSA) is 0 Å². The average molecular weight is 243 g/mol. The van der Waals surface area contributed by atoms with Crippen LogP contribution in [0.5, 0.6) is 0 Å². The van der Waals surface area contributed by atoms with Gasteiger partial charge >= 0.3 is 0 Å². The van der Waals surface area contributed by atoms with Crippen molar-refractivity contribution in [1.29, 1.82) is 0 Å². The molecule has 0 spiro atoms. The van der Waals surface area contributed by atoms with Crippen LogP contribution < -0.4 is 0 Å². The molecule has 0 aliphatic rings. The molecule has 82 valence electrons. The largest absolute Gasteiger partial charge is 0.0998 e. The van der Waals surface area contributed by atoms with Gasteiger partial charge in [-0.1, -0.05) is 48.3 Å². The van der Waals surface area contributed by atoms with E-state index in [1.54, 1.807) is 6.07 Å². The lowest BCUT2D eigenvalue weighted by atomic mass is 9.91. The lowest BCUT2D eigenvalue weighted by Crippen LogP contribution is -2.04. The molecule has 0 nitrogen and oxygen atoms in total. The first-order valence-corrected chi connectivity index (χ1v) is 5.89. The molecule has 0 bridgehead atoms. The highest BCUT2D eigenvalue weighted by atomic mass is 35.5. The number of halogens is 2. The molecule has 15 heavy (non-hydrogen) atoms. The Morgan fingerprint density at radius 3 is 2.53 bits per heavy atom. The highest BCUT2D eigenvalue weighted by Crippen LogP contribution is 2.26. The van der Waals surface area contributed by atoms with Gasteiger partial charge in [-0.15, -0.1) is 0 Å². The van der Waals surface area contributed by atoms with Gasteiger partial charge in [-0.3, -0.25) is 0 Å². The third-order valence-electron chi connectivity index (χ3n) is 2.67. The second-order valence-corrected chi connectivity index (χ2v) is 4.74. The van der Waals surface area contributed by atoms with Crippen LogP contribution in [0, 0.1) is 5.92 Å². The van der Waals surface area contributed by atoms with Crippen molar-refractivity contribution >= 4 is 23.2 Å². The first-order valence-electron chi connectivity index (χ1n) is 5.14. The SMILES string of the molecule is C=C(C)C(CC)Cc1ccc(Cl)cc1Cl. The van der Waals surface area contributed by atoms with Crippen LogP contribution in [0.15, 0.2) is 30.4 Å². The summed E-state index contributed by atoms with van der Waals surface area (Å²) < 4.78 is 0. The zero-order valence-corrected chi connectivity index (χ0v) is 10.7. The Labute approximate surface area is 102 Å². The van der Waals surface area contributed by atoms with E-state index in [4.69, 9.17) is 23.2 Å². The maximum Gasteiger partial charge on any atom is 0.0453 e. The van der Waals surface area contributed by atoms with Crippen LogP contribution in [0.1, 0.15) is 25.8 Å². The monoisotopic (exact) mass is 242 g/mol. The van der Waals surface area contributed by atoms with Crippen LogP contribution in [-0.2, 0) is 6.42 Å². The number of benzene rings is 1. The Kier molecular flexibility index (Phi) is 4.69. The van der Waals surface area contributed by atoms with Crippen molar-refractivity contribution in [1.82, 2.24) is 0 Å². The molecule has 0 aliphatic carbocycles. The predicted octanol–water partition coefficient (Wildman–Crippen LogP) is 5.14. The van der Waals surface area contributed by atoms with Gasteiger partial charge in [0.05, 0.1) is 0 Å². The van der Waals surface area contributed by atoms with Crippen molar-refractivity contribution in [3.63, 3.8) is 0 Å². The van der Waals surface area contributed by atoms with Gasteiger partial charge in [0.15, 0.2) is 0 Å². The number of rotatable bonds is 4. The van der Waals surface area contributed by atoms with Crippen LogP contribution in [0.2, 0.25) is 10.0 Å². The molecule has 0 radical (unpaired) electrons. The van der Waals surface area contributed by atoms with Gasteiger partial charge in [-0.25, -0.2) is 0 Å². The molecule has 1 aromatic rings. The lowest BCUT2D eigenvalue weighted by Gasteiger charge is -2.15. The summed E-state index contributed by atoms with van der Waals surface area (Å²) in [7, 11) is 0. The first-order chi connectivity index (χ1) is 7.04. The summed E-state index contributed by atoms with van der Waals surface area (Å²) >= 11 is 12.0. The van der Waals surface area contributed by atoms with Crippen LogP contribution in [-0.4, -0.2) is 0 Å². The van der Waals surface area contributed by atoms with Crippen molar-refractivity contribution in [2.75, 3.05) is 0 Å². The number of allylic oxidation sites excluding steroid dienone is 1. The van der Waals surface area contributed by atoms with E-state index >= 15 is 0 Å². The fraction of sp³-hybridized carbons (Fsp3) is 0.385. The molecule has 1 atom stereocenters. The summed E-state index contributed by atoms with van der Waals surface area (Å²) in [5, 5.41) is 1.44. The maximum atomic E-state index is 6.12. The van der Waals surface area contributed by atoms with Gasteiger partial charge < -0.3 is 0 Å². The van der Waals surface area contributed by atoms with Crippen molar-refractivity contribution < 1.29 is 0 Å². The van der Waals surface area contributed by atoms with E-state index in [2.05, 4.69) is 20.4 Å². The van der Waals surface area contributed by atoms with Crippen LogP contribution in [0.25, 0.3) is 0 Å². The van der Waals surface area contributed by atoms with Crippen LogP contribution in [0.3, 0.4) is 0 Å². The summed E-state index contributed by atoms with van der Waals surface area (Å²) in [6, 6.07) is 5.67. The Bertz CT molecular complexity index is 356. The van der Waals surface area contributed by atoms with E-state index in [0.29, 0.717) is 10.9 Å². The van der Waals surface area contributed by atoms with Gasteiger partial charge in [-0.2, -0.15) is 0 Å². The molecule has 0 heterocycles. The van der Waals surface area contributed by atoms with Crippen molar-refractivity contribution in [3.05, 3.63) is 46.0 Å². The molecular weight excluding hydrogens is 227 g/mol. The number of hydrogen-bond acceptors (Lipinski definition) is 0. The second-order valence-electron chi connectivity index (χ2n) is 3.89. The van der Waals surface area contributed by atoms with Gasteiger partial charge in [0.2, 0.25) is 0 Å². The highest BCUT2D eigenvalue weighted by Gasteiger charge is 2.10. The molecule has 1 aromatic carbocycles. The van der Waals surface area contributed by atoms with E-state index in [1.807, 2.05) is 12.1 Å². The van der Waals surface area contributed by atoms with E-state index in [1.165, 1.54) is 5.57 Å². The average Bonchev–Trinajstić information content (AvgIpc) is 2.16. The molecule has 1 rings (SSSR count). The molecule has 1 unspecified atom stereocenters. The summed E-state index contributed by atoms with van der Waals surface area (Å²) in [5.74, 6) is 0.503. The van der Waals surface area contributed by atoms with Crippen LogP contribution >= 0.6 is 23.2 Å². The molecule has 0 aromatic heterocycles. The first kappa shape index (κ1) is 12.6. The van der Waals surface area contributed by atoms with Gasteiger partial charge in [0.1, 0.15) is 0 Å². The molecule has 0 fully saturated rings. The van der Waals surface area contributed by atoms with E-state index in [9.17, 15) is 0 Å². The quantitative estimate of drug-likeness (QED) is 0.642. The van der Waals surface area contributed by atoms with E-state index in [0.717, 1.165) is 23.4 Å². The van der Waals surface area contributed by atoms with Gasteiger partial charge in [-0.05, 0) is 43.4 Å². The van der Waals surface area contributed by atoms with Crippen LogP contribution in [0.4, 0.5) is 0 Å². The minimum atomic E-state index is 0.503.